The fourth-order valence-electron chi connectivity index (χ4n) is 2.60. The van der Waals surface area contributed by atoms with Crippen LogP contribution in [0, 0.1) is 5.82 Å². The van der Waals surface area contributed by atoms with Gasteiger partial charge < -0.3 is 19.2 Å². The summed E-state index contributed by atoms with van der Waals surface area (Å²) in [5.41, 5.74) is 2.11. The first kappa shape index (κ1) is 17.5. The maximum Gasteiger partial charge on any atom is 0.164 e. The number of ether oxygens (including phenoxy) is 3. The summed E-state index contributed by atoms with van der Waals surface area (Å²) in [5.74, 6) is 0.463. The quantitative estimate of drug-likeness (QED) is 0.644. The molecule has 2 aromatic heterocycles. The van der Waals surface area contributed by atoms with Gasteiger partial charge in [0.2, 0.25) is 0 Å². The van der Waals surface area contributed by atoms with Gasteiger partial charge in [0.1, 0.15) is 18.1 Å². The van der Waals surface area contributed by atoms with Gasteiger partial charge >= 0.3 is 0 Å². The summed E-state index contributed by atoms with van der Waals surface area (Å²) in [4.78, 5) is 7.28. The van der Waals surface area contributed by atoms with Crippen molar-refractivity contribution in [3.05, 3.63) is 52.6 Å². The first-order chi connectivity index (χ1) is 12.1. The van der Waals surface area contributed by atoms with Crippen LogP contribution in [0.15, 0.2) is 30.6 Å². The van der Waals surface area contributed by atoms with Crippen LogP contribution in [0.3, 0.4) is 0 Å². The van der Waals surface area contributed by atoms with E-state index < -0.39 is 0 Å². The summed E-state index contributed by atoms with van der Waals surface area (Å²) in [6.45, 7) is 0.730. The van der Waals surface area contributed by atoms with Gasteiger partial charge in [0.15, 0.2) is 11.5 Å². The molecular weight excluding hydrogens is 347 g/mol. The molecule has 0 aliphatic carbocycles. The zero-order valence-electron chi connectivity index (χ0n) is 13.9. The number of nitrogens with one attached hydrogen (secondary N) is 1. The zero-order valence-corrected chi connectivity index (χ0v) is 14.7. The van der Waals surface area contributed by atoms with Gasteiger partial charge in [-0.2, -0.15) is 0 Å². The van der Waals surface area contributed by atoms with E-state index in [4.69, 9.17) is 25.8 Å². The van der Waals surface area contributed by atoms with Crippen molar-refractivity contribution in [3.8, 4) is 11.5 Å². The third-order valence-electron chi connectivity index (χ3n) is 3.84. The van der Waals surface area contributed by atoms with E-state index >= 15 is 0 Å². The largest absolute Gasteiger partial charge is 0.493 e. The number of methoxy groups -OCH3 is 2. The molecule has 3 rings (SSSR count). The Bertz CT molecular complexity index is 882. The van der Waals surface area contributed by atoms with Crippen molar-refractivity contribution >= 4 is 22.6 Å². The Morgan fingerprint density at radius 2 is 1.96 bits per heavy atom. The van der Waals surface area contributed by atoms with Crippen LogP contribution in [0.2, 0.25) is 5.02 Å². The molecule has 0 unspecified atom stereocenters. The van der Waals surface area contributed by atoms with E-state index in [1.54, 1.807) is 19.4 Å². The Morgan fingerprint density at radius 1 is 1.12 bits per heavy atom. The molecule has 0 fully saturated rings. The second-order valence-electron chi connectivity index (χ2n) is 5.48. The summed E-state index contributed by atoms with van der Waals surface area (Å²) >= 11 is 6.01. The molecule has 0 bridgehead atoms. The van der Waals surface area contributed by atoms with Crippen molar-refractivity contribution in [1.29, 1.82) is 0 Å². The van der Waals surface area contributed by atoms with Crippen molar-refractivity contribution in [1.82, 2.24) is 9.97 Å². The molecule has 0 atom stereocenters. The van der Waals surface area contributed by atoms with Gasteiger partial charge in [-0.1, -0.05) is 11.6 Å². The number of fused-ring (bicyclic) bond motifs is 1. The average molecular weight is 365 g/mol. The Labute approximate surface area is 149 Å². The Kier molecular flexibility index (Phi) is 5.40. The van der Waals surface area contributed by atoms with Crippen LogP contribution in [0.1, 0.15) is 11.1 Å². The Hall–Kier alpha value is -2.31. The van der Waals surface area contributed by atoms with Crippen molar-refractivity contribution < 1.29 is 18.6 Å². The summed E-state index contributed by atoms with van der Waals surface area (Å²) < 4.78 is 30.3. The fraction of sp³-hybridized carbons (Fsp3) is 0.278. The molecule has 0 radical (unpaired) electrons. The normalized spacial score (nSPS) is 11.0. The van der Waals surface area contributed by atoms with Crippen LogP contribution in [-0.2, 0) is 11.2 Å². The van der Waals surface area contributed by atoms with E-state index in [0.29, 0.717) is 47.4 Å². The van der Waals surface area contributed by atoms with Crippen LogP contribution in [0.25, 0.3) is 11.0 Å². The number of benzene rings is 1. The minimum absolute atomic E-state index is 0.318. The fourth-order valence-corrected chi connectivity index (χ4v) is 2.76. The van der Waals surface area contributed by atoms with Crippen molar-refractivity contribution in [3.63, 3.8) is 0 Å². The Balaban J connectivity index is 1.90. The Morgan fingerprint density at radius 3 is 2.72 bits per heavy atom. The molecule has 0 saturated heterocycles. The van der Waals surface area contributed by atoms with Crippen LogP contribution < -0.4 is 9.47 Å². The first-order valence-corrected chi connectivity index (χ1v) is 8.10. The van der Waals surface area contributed by atoms with Gasteiger partial charge in [-0.25, -0.2) is 9.37 Å². The van der Waals surface area contributed by atoms with E-state index in [0.717, 1.165) is 10.9 Å². The zero-order chi connectivity index (χ0) is 17.8. The standard InChI is InChI=1S/C18H18ClFN2O3/c1-23-3-4-25-17-8-15(20)11(6-16(17)24-2)5-12-9-21-18-14(12)7-13(19)10-22-18/h6-10H,3-5H2,1-2H3,(H,21,22). The monoisotopic (exact) mass is 364 g/mol. The lowest BCUT2D eigenvalue weighted by atomic mass is 10.0. The van der Waals surface area contributed by atoms with E-state index in [-0.39, 0.29) is 5.82 Å². The lowest BCUT2D eigenvalue weighted by Crippen LogP contribution is -2.06. The molecule has 0 aliphatic heterocycles. The molecule has 5 nitrogen and oxygen atoms in total. The lowest BCUT2D eigenvalue weighted by Gasteiger charge is -2.13. The molecule has 1 N–H and O–H groups in total. The van der Waals surface area contributed by atoms with E-state index in [2.05, 4.69) is 9.97 Å². The summed E-state index contributed by atoms with van der Waals surface area (Å²) in [6, 6.07) is 4.80. The van der Waals surface area contributed by atoms with Crippen LogP contribution in [0.4, 0.5) is 4.39 Å². The van der Waals surface area contributed by atoms with Gasteiger partial charge in [-0.15, -0.1) is 0 Å². The highest BCUT2D eigenvalue weighted by Gasteiger charge is 2.14. The highest BCUT2D eigenvalue weighted by molar-refractivity contribution is 6.31. The molecule has 0 spiro atoms. The highest BCUT2D eigenvalue weighted by Crippen LogP contribution is 2.32. The number of hydrogen-bond donors (Lipinski definition) is 1. The van der Waals surface area contributed by atoms with Gasteiger partial charge in [0.25, 0.3) is 0 Å². The van der Waals surface area contributed by atoms with E-state index in [1.807, 2.05) is 12.3 Å². The molecule has 7 heteroatoms. The van der Waals surface area contributed by atoms with Crippen molar-refractivity contribution in [2.24, 2.45) is 0 Å². The number of rotatable bonds is 7. The van der Waals surface area contributed by atoms with Gasteiger partial charge in [0, 0.05) is 37.4 Å². The molecule has 25 heavy (non-hydrogen) atoms. The van der Waals surface area contributed by atoms with Gasteiger partial charge in [0.05, 0.1) is 18.7 Å². The third-order valence-corrected chi connectivity index (χ3v) is 4.05. The number of aromatic nitrogens is 2. The first-order valence-electron chi connectivity index (χ1n) is 7.72. The predicted octanol–water partition coefficient (Wildman–Crippen LogP) is 3.98. The average Bonchev–Trinajstić information content (AvgIpc) is 2.99. The number of halogens is 2. The van der Waals surface area contributed by atoms with E-state index in [1.165, 1.54) is 13.2 Å². The summed E-state index contributed by atoms with van der Waals surface area (Å²) in [5, 5.41) is 1.40. The molecule has 0 saturated carbocycles. The summed E-state index contributed by atoms with van der Waals surface area (Å²) in [6.07, 6.45) is 3.76. The molecule has 132 valence electrons. The van der Waals surface area contributed by atoms with Crippen LogP contribution in [-0.4, -0.2) is 37.4 Å². The predicted molar refractivity (Wildman–Crippen MR) is 94.2 cm³/mol. The second-order valence-corrected chi connectivity index (χ2v) is 5.91. The third kappa shape index (κ3) is 3.86. The SMILES string of the molecule is COCCOc1cc(F)c(Cc2c[nH]c3ncc(Cl)cc23)cc1OC. The minimum atomic E-state index is -0.363. The smallest absolute Gasteiger partial charge is 0.164 e. The number of nitrogens with zero attached hydrogens (tertiary/aromatic N) is 1. The maximum atomic E-state index is 14.5. The maximum absolute atomic E-state index is 14.5. The van der Waals surface area contributed by atoms with Gasteiger partial charge in [-0.3, -0.25) is 0 Å². The molecular formula is C18H18ClFN2O3. The number of aromatic amines is 1. The topological polar surface area (TPSA) is 56.4 Å². The van der Waals surface area contributed by atoms with E-state index in [9.17, 15) is 4.39 Å². The number of hydrogen-bond acceptors (Lipinski definition) is 4. The lowest BCUT2D eigenvalue weighted by molar-refractivity contribution is 0.144. The molecule has 1 aromatic carbocycles. The van der Waals surface area contributed by atoms with Crippen molar-refractivity contribution in [2.75, 3.05) is 27.4 Å². The highest BCUT2D eigenvalue weighted by atomic mass is 35.5. The second kappa shape index (κ2) is 7.72. The van der Waals surface area contributed by atoms with Crippen molar-refractivity contribution in [2.45, 2.75) is 6.42 Å². The summed E-state index contributed by atoms with van der Waals surface area (Å²) in [7, 11) is 3.10. The van der Waals surface area contributed by atoms with Crippen LogP contribution in [0.5, 0.6) is 11.5 Å². The number of pyridine rings is 1. The molecule has 0 aliphatic rings. The minimum Gasteiger partial charge on any atom is -0.493 e. The van der Waals surface area contributed by atoms with Gasteiger partial charge in [-0.05, 0) is 23.3 Å². The molecule has 2 heterocycles. The number of H-pyrrole nitrogens is 1. The molecule has 3 aromatic rings. The van der Waals surface area contributed by atoms with Crippen LogP contribution >= 0.6 is 11.6 Å². The molecule has 0 amide bonds.